The van der Waals surface area contributed by atoms with Crippen molar-refractivity contribution >= 4 is 15.9 Å². The van der Waals surface area contributed by atoms with Gasteiger partial charge < -0.3 is 5.73 Å². The van der Waals surface area contributed by atoms with E-state index in [9.17, 15) is 0 Å². The van der Waals surface area contributed by atoms with Crippen LogP contribution < -0.4 is 5.73 Å². The van der Waals surface area contributed by atoms with Crippen LogP contribution in [0.25, 0.3) is 0 Å². The van der Waals surface area contributed by atoms with Crippen LogP contribution in [0.3, 0.4) is 0 Å². The van der Waals surface area contributed by atoms with Crippen molar-refractivity contribution in [2.75, 3.05) is 0 Å². The third-order valence-electron chi connectivity index (χ3n) is 2.46. The van der Waals surface area contributed by atoms with E-state index in [1.165, 1.54) is 0 Å². The van der Waals surface area contributed by atoms with Crippen molar-refractivity contribution < 1.29 is 0 Å². The normalized spacial score (nSPS) is 12.7. The van der Waals surface area contributed by atoms with Gasteiger partial charge in [-0.3, -0.25) is 9.67 Å². The molecule has 0 saturated heterocycles. The first-order valence-electron chi connectivity index (χ1n) is 5.00. The second-order valence-corrected chi connectivity index (χ2v) is 4.57. The van der Waals surface area contributed by atoms with Gasteiger partial charge in [-0.25, -0.2) is 0 Å². The molecule has 0 radical (unpaired) electrons. The minimum atomic E-state index is -0.0684. The van der Waals surface area contributed by atoms with Gasteiger partial charge in [-0.15, -0.1) is 0 Å². The third kappa shape index (κ3) is 2.48. The highest BCUT2D eigenvalue weighted by atomic mass is 79.9. The molecule has 0 spiro atoms. The molecule has 16 heavy (non-hydrogen) atoms. The first kappa shape index (κ1) is 11.3. The Morgan fingerprint density at radius 1 is 1.44 bits per heavy atom. The molecule has 2 aromatic heterocycles. The van der Waals surface area contributed by atoms with Crippen molar-refractivity contribution in [2.24, 2.45) is 12.8 Å². The molecular weight excluding hydrogens is 268 g/mol. The molecule has 2 heterocycles. The van der Waals surface area contributed by atoms with Crippen molar-refractivity contribution in [1.29, 1.82) is 0 Å². The highest BCUT2D eigenvalue weighted by Crippen LogP contribution is 2.15. The van der Waals surface area contributed by atoms with Crippen molar-refractivity contribution in [3.05, 3.63) is 46.5 Å². The van der Waals surface area contributed by atoms with Crippen LogP contribution in [0.4, 0.5) is 0 Å². The van der Waals surface area contributed by atoms with Gasteiger partial charge in [0.15, 0.2) is 0 Å². The first-order chi connectivity index (χ1) is 7.66. The summed E-state index contributed by atoms with van der Waals surface area (Å²) in [7, 11) is 1.89. The number of hydrogen-bond acceptors (Lipinski definition) is 3. The van der Waals surface area contributed by atoms with Gasteiger partial charge in [0, 0.05) is 36.0 Å². The molecule has 84 valence electrons. The van der Waals surface area contributed by atoms with Crippen molar-refractivity contribution in [2.45, 2.75) is 12.5 Å². The van der Waals surface area contributed by atoms with E-state index in [-0.39, 0.29) is 6.04 Å². The lowest BCUT2D eigenvalue weighted by atomic mass is 10.1. The van der Waals surface area contributed by atoms with Crippen LogP contribution in [0, 0.1) is 0 Å². The van der Waals surface area contributed by atoms with Crippen molar-refractivity contribution in [3.63, 3.8) is 0 Å². The Morgan fingerprint density at radius 2 is 2.25 bits per heavy atom. The number of nitrogens with zero attached hydrogens (tertiary/aromatic N) is 3. The molecule has 0 aliphatic heterocycles. The number of aromatic nitrogens is 3. The summed E-state index contributed by atoms with van der Waals surface area (Å²) in [5, 5.41) is 4.10. The molecule has 0 saturated carbocycles. The molecule has 0 aliphatic rings. The molecule has 1 atom stereocenters. The summed E-state index contributed by atoms with van der Waals surface area (Å²) in [4.78, 5) is 4.30. The van der Waals surface area contributed by atoms with E-state index < -0.39 is 0 Å². The molecule has 1 unspecified atom stereocenters. The van der Waals surface area contributed by atoms with Crippen molar-refractivity contribution in [3.8, 4) is 0 Å². The van der Waals surface area contributed by atoms with Crippen LogP contribution in [0.5, 0.6) is 0 Å². The van der Waals surface area contributed by atoms with Crippen LogP contribution in [0.2, 0.25) is 0 Å². The Bertz CT molecular complexity index is 463. The fraction of sp³-hybridized carbons (Fsp3) is 0.273. The molecular formula is C11H13BrN4. The lowest BCUT2D eigenvalue weighted by molar-refractivity contribution is 0.611. The molecule has 0 amide bonds. The number of aryl methyl sites for hydroxylation is 1. The predicted octanol–water partition coefficient (Wildman–Crippen LogP) is 1.82. The summed E-state index contributed by atoms with van der Waals surface area (Å²) in [6.45, 7) is 0. The maximum atomic E-state index is 6.10. The molecule has 4 nitrogen and oxygen atoms in total. The molecule has 2 aromatic rings. The number of nitrogens with two attached hydrogens (primary N) is 1. The largest absolute Gasteiger partial charge is 0.322 e. The summed E-state index contributed by atoms with van der Waals surface area (Å²) in [6, 6.07) is 5.81. The van der Waals surface area contributed by atoms with Gasteiger partial charge in [0.05, 0.1) is 11.7 Å². The van der Waals surface area contributed by atoms with Crippen molar-refractivity contribution in [1.82, 2.24) is 14.8 Å². The van der Waals surface area contributed by atoms with Gasteiger partial charge in [0.25, 0.3) is 0 Å². The van der Waals surface area contributed by atoms with E-state index in [1.54, 1.807) is 17.1 Å². The minimum Gasteiger partial charge on any atom is -0.322 e. The van der Waals surface area contributed by atoms with Crippen LogP contribution >= 0.6 is 15.9 Å². The van der Waals surface area contributed by atoms with Crippen LogP contribution in [-0.2, 0) is 13.5 Å². The third-order valence-corrected chi connectivity index (χ3v) is 2.93. The number of halogens is 1. The molecule has 0 fully saturated rings. The monoisotopic (exact) mass is 280 g/mol. The van der Waals surface area contributed by atoms with E-state index in [0.29, 0.717) is 6.42 Å². The molecule has 2 N–H and O–H groups in total. The van der Waals surface area contributed by atoms with E-state index in [4.69, 9.17) is 5.73 Å². The van der Waals surface area contributed by atoms with E-state index in [1.807, 2.05) is 25.2 Å². The van der Waals surface area contributed by atoms with Gasteiger partial charge in [-0.05, 0) is 34.1 Å². The SMILES string of the molecule is Cn1nccc1C(N)Cc1ccc(Br)cn1. The zero-order valence-electron chi connectivity index (χ0n) is 8.97. The molecule has 0 aromatic carbocycles. The molecule has 5 heteroatoms. The van der Waals surface area contributed by atoms with E-state index in [2.05, 4.69) is 26.0 Å². The van der Waals surface area contributed by atoms with Gasteiger partial charge in [0.2, 0.25) is 0 Å². The van der Waals surface area contributed by atoms with E-state index >= 15 is 0 Å². The maximum absolute atomic E-state index is 6.10. The first-order valence-corrected chi connectivity index (χ1v) is 5.80. The Morgan fingerprint density at radius 3 is 2.81 bits per heavy atom. The molecule has 0 bridgehead atoms. The van der Waals surface area contributed by atoms with Gasteiger partial charge in [0.1, 0.15) is 0 Å². The quantitative estimate of drug-likeness (QED) is 0.933. The smallest absolute Gasteiger partial charge is 0.0552 e. The summed E-state index contributed by atoms with van der Waals surface area (Å²) in [5.41, 5.74) is 8.10. The fourth-order valence-electron chi connectivity index (χ4n) is 1.60. The highest BCUT2D eigenvalue weighted by Gasteiger charge is 2.11. The van der Waals surface area contributed by atoms with Gasteiger partial charge >= 0.3 is 0 Å². The Balaban J connectivity index is 2.10. The minimum absolute atomic E-state index is 0.0684. The summed E-state index contributed by atoms with van der Waals surface area (Å²) in [6.07, 6.45) is 4.25. The Labute approximate surface area is 103 Å². The summed E-state index contributed by atoms with van der Waals surface area (Å²) in [5.74, 6) is 0. The summed E-state index contributed by atoms with van der Waals surface area (Å²) >= 11 is 3.35. The fourth-order valence-corrected chi connectivity index (χ4v) is 1.84. The Hall–Kier alpha value is -1.20. The summed E-state index contributed by atoms with van der Waals surface area (Å²) < 4.78 is 2.77. The predicted molar refractivity (Wildman–Crippen MR) is 65.8 cm³/mol. The lowest BCUT2D eigenvalue weighted by Gasteiger charge is -2.11. The second kappa shape index (κ2) is 4.76. The highest BCUT2D eigenvalue weighted by molar-refractivity contribution is 9.10. The number of pyridine rings is 1. The average molecular weight is 281 g/mol. The zero-order valence-corrected chi connectivity index (χ0v) is 10.6. The van der Waals surface area contributed by atoms with Gasteiger partial charge in [-0.1, -0.05) is 0 Å². The lowest BCUT2D eigenvalue weighted by Crippen LogP contribution is -2.17. The molecule has 0 aliphatic carbocycles. The Kier molecular flexibility index (Phi) is 3.36. The zero-order chi connectivity index (χ0) is 11.5. The van der Waals surface area contributed by atoms with Crippen LogP contribution in [0.15, 0.2) is 35.1 Å². The van der Waals surface area contributed by atoms with Crippen LogP contribution in [0.1, 0.15) is 17.4 Å². The molecule has 2 rings (SSSR count). The second-order valence-electron chi connectivity index (χ2n) is 3.66. The van der Waals surface area contributed by atoms with E-state index in [0.717, 1.165) is 15.9 Å². The average Bonchev–Trinajstić information content (AvgIpc) is 2.68. The van der Waals surface area contributed by atoms with Gasteiger partial charge in [-0.2, -0.15) is 5.10 Å². The number of hydrogen-bond donors (Lipinski definition) is 1. The number of rotatable bonds is 3. The standard InChI is InChI=1S/C11H13BrN4/c1-16-11(4-5-15-16)10(13)6-9-3-2-8(12)7-14-9/h2-5,7,10H,6,13H2,1H3. The maximum Gasteiger partial charge on any atom is 0.0552 e. The van der Waals surface area contributed by atoms with Crippen LogP contribution in [-0.4, -0.2) is 14.8 Å². The topological polar surface area (TPSA) is 56.7 Å².